The molecule has 0 spiro atoms. The smallest absolute Gasteiger partial charge is 0.343 e. The maximum absolute atomic E-state index is 12.5. The van der Waals surface area contributed by atoms with Crippen LogP contribution in [0.25, 0.3) is 0 Å². The highest BCUT2D eigenvalue weighted by Crippen LogP contribution is 2.29. The van der Waals surface area contributed by atoms with Gasteiger partial charge in [0.1, 0.15) is 0 Å². The number of nitrogens with one attached hydrogen (secondary N) is 1. The van der Waals surface area contributed by atoms with E-state index in [1.54, 1.807) is 4.90 Å². The van der Waals surface area contributed by atoms with Gasteiger partial charge >= 0.3 is 6.18 Å². The molecule has 9 heteroatoms. The number of alkyl halides is 3. The van der Waals surface area contributed by atoms with E-state index < -0.39 is 17.6 Å². The van der Waals surface area contributed by atoms with Crippen molar-refractivity contribution in [2.24, 2.45) is 5.73 Å². The molecule has 2 unspecified atom stereocenters. The van der Waals surface area contributed by atoms with Crippen molar-refractivity contribution in [2.75, 3.05) is 13.1 Å². The Hall–Kier alpha value is -1.80. The quantitative estimate of drug-likeness (QED) is 0.825. The molecule has 1 fully saturated rings. The second-order valence-corrected chi connectivity index (χ2v) is 6.27. The Bertz CT molecular complexity index is 621. The first-order valence-corrected chi connectivity index (χ1v) is 8.20. The summed E-state index contributed by atoms with van der Waals surface area (Å²) < 4.78 is 37.6. The van der Waals surface area contributed by atoms with E-state index in [0.717, 1.165) is 43.5 Å². The Balaban J connectivity index is 0.00000338. The highest BCUT2D eigenvalue weighted by atomic mass is 35.5. The molecule has 5 nitrogen and oxygen atoms in total. The number of benzene rings is 1. The van der Waals surface area contributed by atoms with Gasteiger partial charge in [-0.15, -0.1) is 12.4 Å². The summed E-state index contributed by atoms with van der Waals surface area (Å²) in [5.74, 6) is -0.821. The second-order valence-electron chi connectivity index (χ2n) is 6.27. The van der Waals surface area contributed by atoms with Gasteiger partial charge in [-0.2, -0.15) is 13.2 Å². The van der Waals surface area contributed by atoms with Gasteiger partial charge < -0.3 is 16.0 Å². The maximum Gasteiger partial charge on any atom is 0.416 e. The summed E-state index contributed by atoms with van der Waals surface area (Å²) in [6.07, 6.45) is -1.72. The standard InChI is InChI=1S/C17H22F3N3O2.ClH/c1-11(21)14-4-2-3-9-23(14)15(24)10-22-16(25)12-5-7-13(8-6-12)17(18,19)20;/h5-8,11,14H,2-4,9-10,21H2,1H3,(H,22,25);1H. The molecule has 146 valence electrons. The van der Waals surface area contributed by atoms with Gasteiger partial charge in [-0.25, -0.2) is 0 Å². The van der Waals surface area contributed by atoms with Crippen LogP contribution in [0.2, 0.25) is 0 Å². The van der Waals surface area contributed by atoms with Gasteiger partial charge in [-0.05, 0) is 50.5 Å². The zero-order valence-corrected chi connectivity index (χ0v) is 15.2. The molecule has 1 aliphatic heterocycles. The van der Waals surface area contributed by atoms with Crippen molar-refractivity contribution in [3.63, 3.8) is 0 Å². The molecule has 1 aromatic rings. The molecule has 1 aliphatic rings. The summed E-state index contributed by atoms with van der Waals surface area (Å²) in [5.41, 5.74) is 5.17. The van der Waals surface area contributed by atoms with Gasteiger partial charge in [0.25, 0.3) is 5.91 Å². The second kappa shape index (κ2) is 9.23. The van der Waals surface area contributed by atoms with E-state index in [1.165, 1.54) is 0 Å². The summed E-state index contributed by atoms with van der Waals surface area (Å²) in [6.45, 7) is 2.24. The zero-order chi connectivity index (χ0) is 18.6. The summed E-state index contributed by atoms with van der Waals surface area (Å²) in [7, 11) is 0. The number of piperidine rings is 1. The fraction of sp³-hybridized carbons (Fsp3) is 0.529. The van der Waals surface area contributed by atoms with Crippen LogP contribution in [0.4, 0.5) is 13.2 Å². The molecule has 1 aromatic carbocycles. The maximum atomic E-state index is 12.5. The van der Waals surface area contributed by atoms with Crippen molar-refractivity contribution < 1.29 is 22.8 Å². The topological polar surface area (TPSA) is 75.4 Å². The molecular weight excluding hydrogens is 371 g/mol. The molecule has 2 atom stereocenters. The third-order valence-corrected chi connectivity index (χ3v) is 4.35. The Morgan fingerprint density at radius 3 is 2.42 bits per heavy atom. The number of likely N-dealkylation sites (tertiary alicyclic amines) is 1. The van der Waals surface area contributed by atoms with Crippen LogP contribution >= 0.6 is 12.4 Å². The van der Waals surface area contributed by atoms with E-state index in [1.807, 2.05) is 6.92 Å². The van der Waals surface area contributed by atoms with Crippen molar-refractivity contribution in [3.05, 3.63) is 35.4 Å². The van der Waals surface area contributed by atoms with Crippen LogP contribution in [0, 0.1) is 0 Å². The molecular formula is C17H23ClF3N3O2. The van der Waals surface area contributed by atoms with Gasteiger partial charge in [0, 0.05) is 24.2 Å². The Labute approximate surface area is 156 Å². The van der Waals surface area contributed by atoms with Crippen LogP contribution in [-0.2, 0) is 11.0 Å². The van der Waals surface area contributed by atoms with Gasteiger partial charge in [0.2, 0.25) is 5.91 Å². The Morgan fingerprint density at radius 2 is 1.88 bits per heavy atom. The fourth-order valence-electron chi connectivity index (χ4n) is 2.98. The largest absolute Gasteiger partial charge is 0.416 e. The molecule has 1 heterocycles. The van der Waals surface area contributed by atoms with Crippen molar-refractivity contribution >= 4 is 24.2 Å². The minimum atomic E-state index is -4.45. The van der Waals surface area contributed by atoms with Crippen LogP contribution in [0.15, 0.2) is 24.3 Å². The monoisotopic (exact) mass is 393 g/mol. The lowest BCUT2D eigenvalue weighted by molar-refractivity contribution is -0.137. The van der Waals surface area contributed by atoms with E-state index in [2.05, 4.69) is 5.32 Å². The first-order valence-electron chi connectivity index (χ1n) is 8.20. The Kier molecular flexibility index (Phi) is 7.89. The molecule has 1 saturated heterocycles. The molecule has 0 aromatic heterocycles. The molecule has 3 N–H and O–H groups in total. The number of amides is 2. The van der Waals surface area contributed by atoms with Crippen LogP contribution in [0.5, 0.6) is 0 Å². The van der Waals surface area contributed by atoms with Crippen molar-refractivity contribution in [3.8, 4) is 0 Å². The van der Waals surface area contributed by atoms with Crippen LogP contribution in [-0.4, -0.2) is 41.9 Å². The lowest BCUT2D eigenvalue weighted by Gasteiger charge is -2.38. The molecule has 2 rings (SSSR count). The SMILES string of the molecule is CC(N)C1CCCCN1C(=O)CNC(=O)c1ccc(C(F)(F)F)cc1.Cl. The van der Waals surface area contributed by atoms with Crippen LogP contribution < -0.4 is 11.1 Å². The number of nitrogens with zero attached hydrogens (tertiary/aromatic N) is 1. The predicted octanol–water partition coefficient (Wildman–Crippen LogP) is 2.59. The minimum absolute atomic E-state index is 0. The highest BCUT2D eigenvalue weighted by molar-refractivity contribution is 5.96. The van der Waals surface area contributed by atoms with Gasteiger partial charge in [0.05, 0.1) is 12.1 Å². The molecule has 0 saturated carbocycles. The van der Waals surface area contributed by atoms with Crippen molar-refractivity contribution in [1.82, 2.24) is 10.2 Å². The molecule has 2 amide bonds. The first-order chi connectivity index (χ1) is 11.7. The highest BCUT2D eigenvalue weighted by Gasteiger charge is 2.31. The number of hydrogen-bond acceptors (Lipinski definition) is 3. The molecule has 26 heavy (non-hydrogen) atoms. The van der Waals surface area contributed by atoms with Gasteiger partial charge in [-0.1, -0.05) is 0 Å². The van der Waals surface area contributed by atoms with E-state index >= 15 is 0 Å². The number of halogens is 4. The minimum Gasteiger partial charge on any atom is -0.343 e. The summed E-state index contributed by atoms with van der Waals surface area (Å²) in [6, 6.07) is 3.66. The van der Waals surface area contributed by atoms with Crippen molar-refractivity contribution in [1.29, 1.82) is 0 Å². The molecule has 0 radical (unpaired) electrons. The van der Waals surface area contributed by atoms with Crippen LogP contribution in [0.3, 0.4) is 0 Å². The van der Waals surface area contributed by atoms with E-state index in [-0.39, 0.29) is 42.5 Å². The fourth-order valence-corrected chi connectivity index (χ4v) is 2.98. The molecule has 0 aliphatic carbocycles. The zero-order valence-electron chi connectivity index (χ0n) is 14.4. The lowest BCUT2D eigenvalue weighted by Crippen LogP contribution is -2.54. The number of hydrogen-bond donors (Lipinski definition) is 2. The van der Waals surface area contributed by atoms with E-state index in [4.69, 9.17) is 5.73 Å². The van der Waals surface area contributed by atoms with E-state index in [0.29, 0.717) is 6.54 Å². The number of nitrogens with two attached hydrogens (primary N) is 1. The third kappa shape index (κ3) is 5.60. The van der Waals surface area contributed by atoms with Crippen LogP contribution in [0.1, 0.15) is 42.1 Å². The number of carbonyl (C=O) groups is 2. The average Bonchev–Trinajstić information content (AvgIpc) is 2.58. The summed E-state index contributed by atoms with van der Waals surface area (Å²) in [5, 5.41) is 2.46. The van der Waals surface area contributed by atoms with Gasteiger partial charge in [0.15, 0.2) is 0 Å². The van der Waals surface area contributed by atoms with E-state index in [9.17, 15) is 22.8 Å². The van der Waals surface area contributed by atoms with Crippen molar-refractivity contribution in [2.45, 2.75) is 44.4 Å². The third-order valence-electron chi connectivity index (χ3n) is 4.35. The number of rotatable bonds is 4. The number of carbonyl (C=O) groups excluding carboxylic acids is 2. The Morgan fingerprint density at radius 1 is 1.27 bits per heavy atom. The predicted molar refractivity (Wildman–Crippen MR) is 94.0 cm³/mol. The molecule has 0 bridgehead atoms. The average molecular weight is 394 g/mol. The summed E-state index contributed by atoms with van der Waals surface area (Å²) in [4.78, 5) is 26.0. The van der Waals surface area contributed by atoms with Gasteiger partial charge in [-0.3, -0.25) is 9.59 Å². The normalized spacial score (nSPS) is 18.7. The first kappa shape index (κ1) is 22.2. The summed E-state index contributed by atoms with van der Waals surface area (Å²) >= 11 is 0. The lowest BCUT2D eigenvalue weighted by atomic mass is 9.97.